The number of aromatic carboxylic acids is 1. The molecule has 0 fully saturated rings. The van der Waals surface area contributed by atoms with Gasteiger partial charge in [-0.25, -0.2) is 4.79 Å². The molecule has 2 aliphatic heterocycles. The summed E-state index contributed by atoms with van der Waals surface area (Å²) >= 11 is 0. The van der Waals surface area contributed by atoms with Gasteiger partial charge in [0.1, 0.15) is 60.3 Å². The van der Waals surface area contributed by atoms with E-state index in [2.05, 4.69) is 20.5 Å². The van der Waals surface area contributed by atoms with Crippen LogP contribution >= 0.6 is 0 Å². The van der Waals surface area contributed by atoms with Crippen molar-refractivity contribution >= 4 is 35.1 Å². The summed E-state index contributed by atoms with van der Waals surface area (Å²) in [6.45, 7) is 0.279. The molecule has 5 N–H and O–H groups in total. The number of nitrogens with zero attached hydrogens (tertiary/aromatic N) is 7. The Morgan fingerprint density at radius 3 is 2.02 bits per heavy atom. The Morgan fingerprint density at radius 2 is 1.50 bits per heavy atom. The smallest absolute Gasteiger partial charge is 0.373 e. The summed E-state index contributed by atoms with van der Waals surface area (Å²) < 4.78 is 12.6. The first-order chi connectivity index (χ1) is 23.0. The number of carbonyl (C=O) groups is 4. The lowest BCUT2D eigenvalue weighted by molar-refractivity contribution is -0.120. The molecule has 4 heterocycles. The van der Waals surface area contributed by atoms with Gasteiger partial charge in [-0.1, -0.05) is 24.3 Å². The van der Waals surface area contributed by atoms with Crippen LogP contribution in [0.4, 0.5) is 11.4 Å². The molecule has 0 radical (unpaired) electrons. The minimum atomic E-state index is -1.23. The van der Waals surface area contributed by atoms with Crippen LogP contribution in [0.5, 0.6) is 11.5 Å². The van der Waals surface area contributed by atoms with Crippen LogP contribution in [0.1, 0.15) is 32.6 Å². The zero-order chi connectivity index (χ0) is 35.0. The molecule has 0 aliphatic carbocycles. The lowest BCUT2D eigenvalue weighted by Crippen LogP contribution is -2.49. The number of hydrogen-bond donors (Lipinski definition) is 4. The van der Waals surface area contributed by atoms with Crippen LogP contribution in [0.3, 0.4) is 0 Å². The maximum Gasteiger partial charge on any atom is 0.373 e. The molecule has 17 nitrogen and oxygen atoms in total. The maximum absolute atomic E-state index is 12.6. The number of fused-ring (bicyclic) bond motifs is 2. The summed E-state index contributed by atoms with van der Waals surface area (Å²) in [5.41, 5.74) is 7.74. The van der Waals surface area contributed by atoms with Gasteiger partial charge in [0.25, 0.3) is 17.6 Å². The number of aromatic nitrogens is 4. The Kier molecular flexibility index (Phi) is 10.7. The number of nitrogens with two attached hydrogens (primary N) is 1. The number of aromatic amines is 1. The van der Waals surface area contributed by atoms with E-state index in [9.17, 15) is 19.2 Å². The molecule has 2 aromatic heterocycles. The van der Waals surface area contributed by atoms with E-state index in [-0.39, 0.29) is 36.7 Å². The lowest BCUT2D eigenvalue weighted by atomic mass is 10.2. The van der Waals surface area contributed by atoms with E-state index in [1.54, 1.807) is 51.5 Å². The van der Waals surface area contributed by atoms with E-state index >= 15 is 0 Å². The van der Waals surface area contributed by atoms with E-state index in [0.29, 0.717) is 28.6 Å². The van der Waals surface area contributed by atoms with E-state index in [4.69, 9.17) is 30.8 Å². The van der Waals surface area contributed by atoms with Gasteiger partial charge < -0.3 is 40.0 Å². The minimum absolute atomic E-state index is 0.0431. The number of rotatable bonds is 3. The third-order valence-corrected chi connectivity index (χ3v) is 7.12. The SMILES string of the molecule is CN1C(=O)[C@@H](N)COc2ccccc21.CN1C(=O)[C@@H](NC(=O)c2ccc(C#N)n2C)COc2ccccc21.N#Cc1n[nH]c(C(=O)O)n1. The molecule has 2 atom stereocenters. The minimum Gasteiger partial charge on any atom is -0.489 e. The molecule has 0 spiro atoms. The van der Waals surface area contributed by atoms with Crippen molar-refractivity contribution in [2.24, 2.45) is 12.8 Å². The van der Waals surface area contributed by atoms with Crippen LogP contribution in [0.25, 0.3) is 0 Å². The zero-order valence-corrected chi connectivity index (χ0v) is 25.9. The molecule has 2 aromatic carbocycles. The molecule has 0 unspecified atom stereocenters. The molecule has 0 saturated carbocycles. The van der Waals surface area contributed by atoms with Crippen molar-refractivity contribution in [3.63, 3.8) is 0 Å². The second kappa shape index (κ2) is 15.0. The molecule has 3 amide bonds. The Hall–Kier alpha value is -6.72. The largest absolute Gasteiger partial charge is 0.489 e. The number of hydrogen-bond acceptors (Lipinski definition) is 11. The Labute approximate surface area is 273 Å². The first kappa shape index (κ1) is 34.2. The van der Waals surface area contributed by atoms with Crippen molar-refractivity contribution in [3.05, 3.63) is 83.7 Å². The second-order valence-corrected chi connectivity index (χ2v) is 10.2. The van der Waals surface area contributed by atoms with Crippen LogP contribution in [0.2, 0.25) is 0 Å². The van der Waals surface area contributed by atoms with Gasteiger partial charge in [-0.3, -0.25) is 19.5 Å². The maximum atomic E-state index is 12.6. The molecule has 2 aliphatic rings. The normalized spacial score (nSPS) is 16.3. The standard InChI is InChI=1S/C17H16N4O3.C10H12N2O2.C4H2N4O2/c1-20-11(9-18)7-8-14(20)16(22)19-12-10-24-15-6-4-3-5-13(15)21(2)17(12)23;1-12-8-4-2-3-5-9(8)14-6-7(11)10(12)13;5-1-2-6-3(4(9)10)8-7-2/h3-8,12H,10H2,1-2H3,(H,19,22);2-5,7H,6,11H2,1H3;(H,9,10)(H,6,7,8)/t12-;7-;/m00./s1. The molecule has 6 rings (SSSR count). The number of benzene rings is 2. The molecule has 0 bridgehead atoms. The third kappa shape index (κ3) is 7.56. The van der Waals surface area contributed by atoms with Crippen LogP contribution < -0.4 is 30.3 Å². The summed E-state index contributed by atoms with van der Waals surface area (Å²) in [6, 6.07) is 19.9. The number of para-hydroxylation sites is 4. The fraction of sp³-hybridized carbons (Fsp3) is 0.226. The first-order valence-corrected chi connectivity index (χ1v) is 14.1. The predicted octanol–water partition coefficient (Wildman–Crippen LogP) is 0.794. The number of likely N-dealkylation sites (N-methyl/N-ethyl adjacent to an activating group) is 2. The number of carbonyl (C=O) groups excluding carboxylic acids is 3. The van der Waals surface area contributed by atoms with Gasteiger partial charge >= 0.3 is 5.97 Å². The van der Waals surface area contributed by atoms with Gasteiger partial charge in [0.05, 0.1) is 11.4 Å². The second-order valence-electron chi connectivity index (χ2n) is 10.2. The summed E-state index contributed by atoms with van der Waals surface area (Å²) in [5, 5.41) is 33.4. The van der Waals surface area contributed by atoms with Crippen molar-refractivity contribution in [1.29, 1.82) is 10.5 Å². The van der Waals surface area contributed by atoms with E-state index in [1.807, 2.05) is 42.5 Å². The first-order valence-electron chi connectivity index (χ1n) is 14.1. The molecular weight excluding hydrogens is 624 g/mol. The third-order valence-electron chi connectivity index (χ3n) is 7.12. The van der Waals surface area contributed by atoms with Crippen molar-refractivity contribution in [2.45, 2.75) is 12.1 Å². The van der Waals surface area contributed by atoms with Crippen molar-refractivity contribution in [1.82, 2.24) is 25.1 Å². The number of carboxylic acids is 1. The number of anilines is 2. The molecule has 48 heavy (non-hydrogen) atoms. The van der Waals surface area contributed by atoms with Crippen molar-refractivity contribution < 1.29 is 33.8 Å². The fourth-order valence-corrected chi connectivity index (χ4v) is 4.52. The van der Waals surface area contributed by atoms with Gasteiger partial charge in [-0.05, 0) is 36.4 Å². The Morgan fingerprint density at radius 1 is 0.917 bits per heavy atom. The highest BCUT2D eigenvalue weighted by Gasteiger charge is 2.31. The van der Waals surface area contributed by atoms with E-state index in [1.165, 1.54) is 14.4 Å². The molecular formula is C31H30N10O7. The topological polar surface area (TPSA) is 246 Å². The number of nitriles is 2. The van der Waals surface area contributed by atoms with Crippen molar-refractivity contribution in [3.8, 4) is 23.6 Å². The fourth-order valence-electron chi connectivity index (χ4n) is 4.52. The van der Waals surface area contributed by atoms with E-state index in [0.717, 1.165) is 5.69 Å². The Bertz CT molecular complexity index is 1920. The van der Waals surface area contributed by atoms with Gasteiger partial charge in [-0.2, -0.15) is 15.5 Å². The molecule has 246 valence electrons. The van der Waals surface area contributed by atoms with Crippen LogP contribution in [-0.2, 0) is 16.6 Å². The quantitative estimate of drug-likeness (QED) is 0.240. The van der Waals surface area contributed by atoms with Crippen LogP contribution in [0.15, 0.2) is 60.7 Å². The zero-order valence-electron chi connectivity index (χ0n) is 25.9. The summed E-state index contributed by atoms with van der Waals surface area (Å²) in [6.07, 6.45) is 0. The summed E-state index contributed by atoms with van der Waals surface area (Å²) in [7, 11) is 4.97. The summed E-state index contributed by atoms with van der Waals surface area (Å²) in [4.78, 5) is 53.0. The Balaban J connectivity index is 0.000000182. The molecule has 17 heteroatoms. The van der Waals surface area contributed by atoms with Crippen molar-refractivity contribution in [2.75, 3.05) is 37.1 Å². The number of carboxylic acid groups (broad SMARTS) is 1. The lowest BCUT2D eigenvalue weighted by Gasteiger charge is -2.20. The highest BCUT2D eigenvalue weighted by molar-refractivity contribution is 6.03. The number of H-pyrrole nitrogens is 1. The molecule has 4 aromatic rings. The average molecular weight is 655 g/mol. The van der Waals surface area contributed by atoms with Gasteiger partial charge in [0.15, 0.2) is 0 Å². The van der Waals surface area contributed by atoms with Gasteiger partial charge in [-0.15, -0.1) is 5.10 Å². The number of nitrogens with one attached hydrogen (secondary N) is 2. The van der Waals surface area contributed by atoms with Gasteiger partial charge in [0.2, 0.25) is 11.7 Å². The van der Waals surface area contributed by atoms with Crippen LogP contribution in [-0.4, -0.2) is 87.9 Å². The van der Waals surface area contributed by atoms with Gasteiger partial charge in [0, 0.05) is 21.1 Å². The average Bonchev–Trinajstić information content (AvgIpc) is 3.70. The molecule has 0 saturated heterocycles. The summed E-state index contributed by atoms with van der Waals surface area (Å²) in [5.74, 6) is -1.23. The number of amides is 3. The van der Waals surface area contributed by atoms with E-state index < -0.39 is 24.0 Å². The number of ether oxygens (including phenoxy) is 2. The highest BCUT2D eigenvalue weighted by atomic mass is 16.5. The monoisotopic (exact) mass is 654 g/mol. The highest BCUT2D eigenvalue weighted by Crippen LogP contribution is 2.30. The predicted molar refractivity (Wildman–Crippen MR) is 168 cm³/mol. The van der Waals surface area contributed by atoms with Crippen LogP contribution in [0, 0.1) is 22.7 Å².